The summed E-state index contributed by atoms with van der Waals surface area (Å²) in [7, 11) is 0. The molecule has 0 aliphatic carbocycles. The van der Waals surface area contributed by atoms with Crippen molar-refractivity contribution in [3.05, 3.63) is 5.82 Å². The van der Waals surface area contributed by atoms with Gasteiger partial charge in [0.15, 0.2) is 0 Å². The molecule has 1 saturated heterocycles. The highest BCUT2D eigenvalue weighted by Gasteiger charge is 2.22. The van der Waals surface area contributed by atoms with Crippen LogP contribution in [0.1, 0.15) is 45.4 Å². The second-order valence-corrected chi connectivity index (χ2v) is 6.49. The maximum atomic E-state index is 5.75. The van der Waals surface area contributed by atoms with Crippen LogP contribution in [-0.4, -0.2) is 53.0 Å². The molecule has 6 heteroatoms. The van der Waals surface area contributed by atoms with E-state index in [1.807, 2.05) is 0 Å². The number of anilines is 1. The average Bonchev–Trinajstić information content (AvgIpc) is 2.82. The highest BCUT2D eigenvalue weighted by Crippen LogP contribution is 2.21. The molecule has 0 spiro atoms. The van der Waals surface area contributed by atoms with Crippen molar-refractivity contribution in [2.45, 2.75) is 52.0 Å². The summed E-state index contributed by atoms with van der Waals surface area (Å²) < 4.78 is 4.47. The Balaban J connectivity index is 1.93. The van der Waals surface area contributed by atoms with Crippen LogP contribution >= 0.6 is 11.5 Å². The molecule has 0 radical (unpaired) electrons. The van der Waals surface area contributed by atoms with Crippen molar-refractivity contribution in [2.24, 2.45) is 5.73 Å². The van der Waals surface area contributed by atoms with Gasteiger partial charge in [0.1, 0.15) is 5.82 Å². The number of aryl methyl sites for hydroxylation is 1. The van der Waals surface area contributed by atoms with E-state index >= 15 is 0 Å². The average molecular weight is 311 g/mol. The Labute approximate surface area is 132 Å². The maximum absolute atomic E-state index is 5.75. The number of hydrogen-bond acceptors (Lipinski definition) is 6. The second-order valence-electron chi connectivity index (χ2n) is 5.76. The molecule has 0 bridgehead atoms. The number of rotatable bonds is 7. The normalized spacial score (nSPS) is 18.7. The fourth-order valence-corrected chi connectivity index (χ4v) is 3.79. The molecule has 1 aliphatic heterocycles. The minimum atomic E-state index is 0.639. The van der Waals surface area contributed by atoms with E-state index in [2.05, 4.69) is 33.0 Å². The molecule has 0 aromatic carbocycles. The monoisotopic (exact) mass is 311 g/mol. The van der Waals surface area contributed by atoms with Gasteiger partial charge in [-0.05, 0) is 32.2 Å². The molecule has 2 N–H and O–H groups in total. The molecule has 1 fully saturated rings. The van der Waals surface area contributed by atoms with Gasteiger partial charge in [0.05, 0.1) is 0 Å². The molecule has 0 amide bonds. The van der Waals surface area contributed by atoms with Gasteiger partial charge in [0, 0.05) is 50.2 Å². The molecule has 1 aromatic heterocycles. The third kappa shape index (κ3) is 4.63. The molecular weight excluding hydrogens is 282 g/mol. The lowest BCUT2D eigenvalue weighted by Gasteiger charge is -2.29. The summed E-state index contributed by atoms with van der Waals surface area (Å²) in [6.07, 6.45) is 5.60. The Kier molecular flexibility index (Phi) is 6.86. The predicted molar refractivity (Wildman–Crippen MR) is 90.1 cm³/mol. The third-order valence-electron chi connectivity index (χ3n) is 4.22. The van der Waals surface area contributed by atoms with Crippen molar-refractivity contribution in [1.82, 2.24) is 14.3 Å². The minimum absolute atomic E-state index is 0.639. The Morgan fingerprint density at radius 2 is 2.10 bits per heavy atom. The molecule has 1 unspecified atom stereocenters. The van der Waals surface area contributed by atoms with Gasteiger partial charge in [-0.1, -0.05) is 13.8 Å². The highest BCUT2D eigenvalue weighted by atomic mass is 32.1. The predicted octanol–water partition coefficient (Wildman–Crippen LogP) is 2.13. The number of aromatic nitrogens is 2. The molecule has 1 atom stereocenters. The fourth-order valence-electron chi connectivity index (χ4n) is 3.03. The van der Waals surface area contributed by atoms with Crippen LogP contribution in [0.3, 0.4) is 0 Å². The van der Waals surface area contributed by atoms with Crippen molar-refractivity contribution in [1.29, 1.82) is 0 Å². The van der Waals surface area contributed by atoms with Crippen LogP contribution < -0.4 is 10.6 Å². The summed E-state index contributed by atoms with van der Waals surface area (Å²) in [6, 6.07) is 0.639. The third-order valence-corrected chi connectivity index (χ3v) is 5.03. The lowest BCUT2D eigenvalue weighted by Crippen LogP contribution is -2.39. The number of nitrogens with two attached hydrogens (primary N) is 1. The van der Waals surface area contributed by atoms with E-state index in [-0.39, 0.29) is 0 Å². The van der Waals surface area contributed by atoms with E-state index in [0.29, 0.717) is 6.04 Å². The Morgan fingerprint density at radius 3 is 2.81 bits per heavy atom. The van der Waals surface area contributed by atoms with Crippen molar-refractivity contribution in [3.63, 3.8) is 0 Å². The zero-order valence-corrected chi connectivity index (χ0v) is 14.2. The van der Waals surface area contributed by atoms with Crippen molar-refractivity contribution in [3.8, 4) is 0 Å². The van der Waals surface area contributed by atoms with Crippen LogP contribution in [0.4, 0.5) is 5.13 Å². The SMILES string of the molecule is CCCc1nsc(N2CCCN(C(CC)CCN)CC2)n1. The Hall–Kier alpha value is -0.720. The molecule has 21 heavy (non-hydrogen) atoms. The van der Waals surface area contributed by atoms with Crippen LogP contribution in [0.5, 0.6) is 0 Å². The van der Waals surface area contributed by atoms with Gasteiger partial charge in [-0.2, -0.15) is 4.37 Å². The van der Waals surface area contributed by atoms with E-state index < -0.39 is 0 Å². The van der Waals surface area contributed by atoms with E-state index in [1.165, 1.54) is 19.4 Å². The molecule has 1 aliphatic rings. The quantitative estimate of drug-likeness (QED) is 0.836. The maximum Gasteiger partial charge on any atom is 0.205 e. The standard InChI is InChI=1S/C15H29N5S/c1-3-6-14-17-15(21-18-14)20-10-5-9-19(11-12-20)13(4-2)7-8-16/h13H,3-12,16H2,1-2H3. The van der Waals surface area contributed by atoms with Gasteiger partial charge >= 0.3 is 0 Å². The first-order valence-electron chi connectivity index (χ1n) is 8.30. The molecular formula is C15H29N5S. The van der Waals surface area contributed by atoms with Crippen LogP contribution in [-0.2, 0) is 6.42 Å². The second kappa shape index (κ2) is 8.66. The van der Waals surface area contributed by atoms with Crippen LogP contribution in [0, 0.1) is 0 Å². The van der Waals surface area contributed by atoms with Crippen molar-refractivity contribution >= 4 is 16.7 Å². The first-order chi connectivity index (χ1) is 10.3. The van der Waals surface area contributed by atoms with E-state index in [1.54, 1.807) is 11.5 Å². The van der Waals surface area contributed by atoms with Crippen molar-refractivity contribution in [2.75, 3.05) is 37.6 Å². The van der Waals surface area contributed by atoms with Gasteiger partial charge in [-0.15, -0.1) is 0 Å². The van der Waals surface area contributed by atoms with Crippen LogP contribution in [0.2, 0.25) is 0 Å². The molecule has 5 nitrogen and oxygen atoms in total. The zero-order valence-electron chi connectivity index (χ0n) is 13.4. The molecule has 120 valence electrons. The molecule has 2 rings (SSSR count). The Morgan fingerprint density at radius 1 is 1.24 bits per heavy atom. The van der Waals surface area contributed by atoms with Gasteiger partial charge in [-0.25, -0.2) is 4.98 Å². The highest BCUT2D eigenvalue weighted by molar-refractivity contribution is 7.09. The van der Waals surface area contributed by atoms with Crippen molar-refractivity contribution < 1.29 is 0 Å². The summed E-state index contributed by atoms with van der Waals surface area (Å²) in [5, 5.41) is 1.10. The van der Waals surface area contributed by atoms with E-state index in [0.717, 1.165) is 56.4 Å². The van der Waals surface area contributed by atoms with Gasteiger partial charge < -0.3 is 10.6 Å². The number of hydrogen-bond donors (Lipinski definition) is 1. The zero-order chi connectivity index (χ0) is 15.1. The van der Waals surface area contributed by atoms with Gasteiger partial charge in [0.2, 0.25) is 5.13 Å². The van der Waals surface area contributed by atoms with Gasteiger partial charge in [0.25, 0.3) is 0 Å². The molecule has 0 saturated carbocycles. The molecule has 1 aromatic rings. The first-order valence-corrected chi connectivity index (χ1v) is 9.07. The largest absolute Gasteiger partial charge is 0.346 e. The summed E-state index contributed by atoms with van der Waals surface area (Å²) in [4.78, 5) is 9.71. The first kappa shape index (κ1) is 16.6. The summed E-state index contributed by atoms with van der Waals surface area (Å²) in [5.41, 5.74) is 5.75. The number of nitrogens with zero attached hydrogens (tertiary/aromatic N) is 4. The minimum Gasteiger partial charge on any atom is -0.346 e. The van der Waals surface area contributed by atoms with Crippen LogP contribution in [0.25, 0.3) is 0 Å². The molecule has 2 heterocycles. The van der Waals surface area contributed by atoms with E-state index in [4.69, 9.17) is 5.73 Å². The smallest absolute Gasteiger partial charge is 0.205 e. The van der Waals surface area contributed by atoms with E-state index in [9.17, 15) is 0 Å². The Bertz CT molecular complexity index is 409. The summed E-state index contributed by atoms with van der Waals surface area (Å²) in [5.74, 6) is 1.01. The lowest BCUT2D eigenvalue weighted by molar-refractivity contribution is 0.196. The lowest BCUT2D eigenvalue weighted by atomic mass is 10.1. The fraction of sp³-hybridized carbons (Fsp3) is 0.867. The topological polar surface area (TPSA) is 58.3 Å². The van der Waals surface area contributed by atoms with Crippen LogP contribution in [0.15, 0.2) is 0 Å². The summed E-state index contributed by atoms with van der Waals surface area (Å²) >= 11 is 1.56. The van der Waals surface area contributed by atoms with Gasteiger partial charge in [-0.3, -0.25) is 4.90 Å². The summed E-state index contributed by atoms with van der Waals surface area (Å²) in [6.45, 7) is 9.67.